The van der Waals surface area contributed by atoms with Gasteiger partial charge in [0.05, 0.1) is 5.56 Å². The Bertz CT molecular complexity index is 896. The van der Waals surface area contributed by atoms with E-state index in [9.17, 15) is 4.79 Å². The number of nitrogens with zero attached hydrogens (tertiary/aromatic N) is 3. The van der Waals surface area contributed by atoms with Gasteiger partial charge in [-0.2, -0.15) is 0 Å². The average molecular weight is 320 g/mol. The summed E-state index contributed by atoms with van der Waals surface area (Å²) < 4.78 is 1.86. The van der Waals surface area contributed by atoms with E-state index in [1.54, 1.807) is 0 Å². The van der Waals surface area contributed by atoms with Crippen molar-refractivity contribution >= 4 is 11.6 Å². The molecule has 1 atom stereocenters. The minimum Gasteiger partial charge on any atom is -0.349 e. The molecule has 122 valence electrons. The number of carbonyl (C=O) groups excluding carboxylic acids is 1. The molecular formula is C19H20N4O. The topological polar surface area (TPSA) is 59.3 Å². The number of hydrogen-bond donors (Lipinski definition) is 1. The Kier molecular flexibility index (Phi) is 3.56. The van der Waals surface area contributed by atoms with Crippen molar-refractivity contribution in [2.45, 2.75) is 32.7 Å². The first-order chi connectivity index (χ1) is 11.6. The summed E-state index contributed by atoms with van der Waals surface area (Å²) >= 11 is 0. The van der Waals surface area contributed by atoms with Gasteiger partial charge >= 0.3 is 0 Å². The molecule has 5 heteroatoms. The Morgan fingerprint density at radius 2 is 1.96 bits per heavy atom. The van der Waals surface area contributed by atoms with Crippen LogP contribution in [-0.4, -0.2) is 26.3 Å². The molecule has 1 aliphatic carbocycles. The number of rotatable bonds is 4. The van der Waals surface area contributed by atoms with Crippen molar-refractivity contribution in [2.75, 3.05) is 0 Å². The molecular weight excluding hydrogens is 300 g/mol. The minimum absolute atomic E-state index is 0.0611. The van der Waals surface area contributed by atoms with Crippen LogP contribution in [0.2, 0.25) is 0 Å². The highest BCUT2D eigenvalue weighted by molar-refractivity contribution is 6.00. The molecule has 0 bridgehead atoms. The lowest BCUT2D eigenvalue weighted by Gasteiger charge is -2.12. The molecule has 1 fully saturated rings. The number of fused-ring (bicyclic) bond motifs is 1. The van der Waals surface area contributed by atoms with Crippen LogP contribution in [-0.2, 0) is 0 Å². The fourth-order valence-electron chi connectivity index (χ4n) is 3.02. The van der Waals surface area contributed by atoms with E-state index in [0.29, 0.717) is 23.0 Å². The van der Waals surface area contributed by atoms with E-state index in [1.165, 1.54) is 12.8 Å². The molecule has 0 saturated heterocycles. The number of amides is 1. The summed E-state index contributed by atoms with van der Waals surface area (Å²) in [5.74, 6) is 2.02. The van der Waals surface area contributed by atoms with Crippen molar-refractivity contribution < 1.29 is 4.79 Å². The molecule has 2 heterocycles. The normalized spacial score (nSPS) is 15.4. The molecule has 3 aromatic rings. The molecule has 1 N–H and O–H groups in total. The van der Waals surface area contributed by atoms with Crippen LogP contribution in [0.3, 0.4) is 0 Å². The van der Waals surface area contributed by atoms with Crippen LogP contribution in [0.25, 0.3) is 17.0 Å². The molecule has 0 spiro atoms. The first kappa shape index (κ1) is 14.9. The Balaban J connectivity index is 1.74. The molecule has 1 unspecified atom stereocenters. The maximum Gasteiger partial charge on any atom is 0.255 e. The third-order valence-electron chi connectivity index (χ3n) is 4.65. The second-order valence-electron chi connectivity index (χ2n) is 6.48. The number of carbonyl (C=O) groups is 1. The molecule has 0 radical (unpaired) electrons. The minimum atomic E-state index is -0.0611. The van der Waals surface area contributed by atoms with Gasteiger partial charge in [0.1, 0.15) is 5.82 Å². The van der Waals surface area contributed by atoms with Crippen molar-refractivity contribution in [3.63, 3.8) is 0 Å². The SMILES string of the molecule is Cc1nc(-c2ccccc2)nc2c(C(=O)NC(C)C3CC3)ccn12. The number of aromatic nitrogens is 3. The molecule has 1 aliphatic rings. The summed E-state index contributed by atoms with van der Waals surface area (Å²) in [6, 6.07) is 11.9. The first-order valence-electron chi connectivity index (χ1n) is 8.35. The standard InChI is InChI=1S/C19H20N4O/c1-12(14-8-9-14)20-19(24)16-10-11-23-13(2)21-17(22-18(16)23)15-6-4-3-5-7-15/h3-7,10-12,14H,8-9H2,1-2H3,(H,20,24). The summed E-state index contributed by atoms with van der Waals surface area (Å²) in [6.45, 7) is 4.00. The summed E-state index contributed by atoms with van der Waals surface area (Å²) in [6.07, 6.45) is 4.27. The van der Waals surface area contributed by atoms with Gasteiger partial charge < -0.3 is 5.32 Å². The summed E-state index contributed by atoms with van der Waals surface area (Å²) in [5, 5.41) is 3.10. The van der Waals surface area contributed by atoms with E-state index in [0.717, 1.165) is 11.4 Å². The predicted octanol–water partition coefficient (Wildman–Crippen LogP) is 3.23. The molecule has 5 nitrogen and oxygen atoms in total. The zero-order valence-corrected chi connectivity index (χ0v) is 13.9. The fraction of sp³-hybridized carbons (Fsp3) is 0.316. The van der Waals surface area contributed by atoms with E-state index in [-0.39, 0.29) is 11.9 Å². The average Bonchev–Trinajstić information content (AvgIpc) is 3.35. The lowest BCUT2D eigenvalue weighted by Crippen LogP contribution is -2.34. The van der Waals surface area contributed by atoms with E-state index < -0.39 is 0 Å². The van der Waals surface area contributed by atoms with Crippen LogP contribution < -0.4 is 5.32 Å². The highest BCUT2D eigenvalue weighted by atomic mass is 16.1. The van der Waals surface area contributed by atoms with Crippen LogP contribution in [0.1, 0.15) is 35.9 Å². The first-order valence-corrected chi connectivity index (χ1v) is 8.35. The van der Waals surface area contributed by atoms with Gasteiger partial charge in [0.2, 0.25) is 0 Å². The van der Waals surface area contributed by atoms with Crippen LogP contribution in [0, 0.1) is 12.8 Å². The lowest BCUT2D eigenvalue weighted by molar-refractivity contribution is 0.0937. The van der Waals surface area contributed by atoms with Crippen LogP contribution in [0.15, 0.2) is 42.6 Å². The molecule has 2 aromatic heterocycles. The number of hydrogen-bond acceptors (Lipinski definition) is 3. The van der Waals surface area contributed by atoms with Gasteiger partial charge in [0.15, 0.2) is 11.5 Å². The monoisotopic (exact) mass is 320 g/mol. The number of nitrogens with one attached hydrogen (secondary N) is 1. The summed E-state index contributed by atoms with van der Waals surface area (Å²) in [5.41, 5.74) is 2.20. The smallest absolute Gasteiger partial charge is 0.255 e. The number of aryl methyl sites for hydroxylation is 1. The zero-order chi connectivity index (χ0) is 16.7. The van der Waals surface area contributed by atoms with Gasteiger partial charge in [-0.05, 0) is 38.7 Å². The fourth-order valence-corrected chi connectivity index (χ4v) is 3.02. The molecule has 1 saturated carbocycles. The third kappa shape index (κ3) is 2.66. The maximum atomic E-state index is 12.6. The lowest BCUT2D eigenvalue weighted by atomic mass is 10.2. The third-order valence-corrected chi connectivity index (χ3v) is 4.65. The second kappa shape index (κ2) is 5.74. The highest BCUT2D eigenvalue weighted by Gasteiger charge is 2.29. The van der Waals surface area contributed by atoms with Crippen LogP contribution in [0.4, 0.5) is 0 Å². The van der Waals surface area contributed by atoms with Crippen molar-refractivity contribution in [2.24, 2.45) is 5.92 Å². The van der Waals surface area contributed by atoms with Crippen molar-refractivity contribution in [3.05, 3.63) is 54.0 Å². The summed E-state index contributed by atoms with van der Waals surface area (Å²) in [7, 11) is 0. The van der Waals surface area contributed by atoms with Crippen LogP contribution >= 0.6 is 0 Å². The van der Waals surface area contributed by atoms with E-state index in [1.807, 2.05) is 53.9 Å². The quantitative estimate of drug-likeness (QED) is 0.803. The van der Waals surface area contributed by atoms with E-state index in [4.69, 9.17) is 0 Å². The van der Waals surface area contributed by atoms with Crippen LogP contribution in [0.5, 0.6) is 0 Å². The molecule has 24 heavy (non-hydrogen) atoms. The van der Waals surface area contributed by atoms with E-state index in [2.05, 4.69) is 22.2 Å². The van der Waals surface area contributed by atoms with Gasteiger partial charge in [0.25, 0.3) is 5.91 Å². The van der Waals surface area contributed by atoms with E-state index >= 15 is 0 Å². The van der Waals surface area contributed by atoms with Crippen molar-refractivity contribution in [1.29, 1.82) is 0 Å². The van der Waals surface area contributed by atoms with Gasteiger partial charge in [-0.15, -0.1) is 0 Å². The Hall–Kier alpha value is -2.69. The zero-order valence-electron chi connectivity index (χ0n) is 13.9. The Morgan fingerprint density at radius 1 is 1.21 bits per heavy atom. The maximum absolute atomic E-state index is 12.6. The molecule has 0 aliphatic heterocycles. The molecule has 1 amide bonds. The van der Waals surface area contributed by atoms with Gasteiger partial charge in [-0.25, -0.2) is 9.97 Å². The number of benzene rings is 1. The van der Waals surface area contributed by atoms with Gasteiger partial charge in [-0.3, -0.25) is 9.20 Å². The highest BCUT2D eigenvalue weighted by Crippen LogP contribution is 2.32. The predicted molar refractivity (Wildman–Crippen MR) is 92.8 cm³/mol. The van der Waals surface area contributed by atoms with Crippen molar-refractivity contribution in [1.82, 2.24) is 19.7 Å². The summed E-state index contributed by atoms with van der Waals surface area (Å²) in [4.78, 5) is 21.8. The Labute approximate surface area is 140 Å². The molecule has 4 rings (SSSR count). The van der Waals surface area contributed by atoms with Crippen molar-refractivity contribution in [3.8, 4) is 11.4 Å². The Morgan fingerprint density at radius 3 is 2.67 bits per heavy atom. The molecule has 1 aromatic carbocycles. The van der Waals surface area contributed by atoms with Gasteiger partial charge in [-0.1, -0.05) is 30.3 Å². The largest absolute Gasteiger partial charge is 0.349 e. The van der Waals surface area contributed by atoms with Gasteiger partial charge in [0, 0.05) is 17.8 Å². The second-order valence-corrected chi connectivity index (χ2v) is 6.48.